The van der Waals surface area contributed by atoms with Crippen LogP contribution >= 0.6 is 0 Å². The van der Waals surface area contributed by atoms with E-state index in [9.17, 15) is 19.5 Å². The average Bonchev–Trinajstić information content (AvgIpc) is 2.74. The maximum atomic E-state index is 12.3. The Bertz CT molecular complexity index is 844. The molecule has 0 fully saturated rings. The zero-order chi connectivity index (χ0) is 15.9. The summed E-state index contributed by atoms with van der Waals surface area (Å²) in [5.74, 6) is -1.99. The van der Waals surface area contributed by atoms with Crippen molar-refractivity contribution in [3.8, 4) is 5.75 Å². The zero-order valence-corrected chi connectivity index (χ0v) is 11.2. The van der Waals surface area contributed by atoms with Crippen molar-refractivity contribution in [3.05, 3.63) is 70.3 Å². The van der Waals surface area contributed by atoms with Gasteiger partial charge in [-0.15, -0.1) is 0 Å². The molecule has 0 aliphatic heterocycles. The minimum atomic E-state index is -1.15. The minimum Gasteiger partial charge on any atom is -0.508 e. The molecule has 0 aromatic heterocycles. The first kappa shape index (κ1) is 13.8. The summed E-state index contributed by atoms with van der Waals surface area (Å²) in [5, 5.41) is 18.2. The van der Waals surface area contributed by atoms with Crippen molar-refractivity contribution in [2.75, 3.05) is 0 Å². The summed E-state index contributed by atoms with van der Waals surface area (Å²) in [5.41, 5.74) is 0.865. The highest BCUT2D eigenvalue weighted by Gasteiger charge is 2.33. The van der Waals surface area contributed by atoms with Crippen molar-refractivity contribution >= 4 is 23.6 Å². The number of carboxylic acids is 1. The molecule has 2 aromatic rings. The van der Waals surface area contributed by atoms with Crippen LogP contribution in [0, 0.1) is 0 Å². The third-order valence-corrected chi connectivity index (χ3v) is 3.45. The predicted octanol–water partition coefficient (Wildman–Crippen LogP) is 2.55. The third kappa shape index (κ3) is 2.18. The minimum absolute atomic E-state index is 0.0109. The van der Waals surface area contributed by atoms with E-state index < -0.39 is 17.5 Å². The standard InChI is InChI=1S/C17H10O5/c18-11-4-1-9(2-5-11)7-14-15(19)12-6-3-10(17(21)22)8-13(12)16(14)20/h1-8,18H,(H,21,22)/b14-7-. The number of rotatable bonds is 2. The summed E-state index contributed by atoms with van der Waals surface area (Å²) in [6.45, 7) is 0. The van der Waals surface area contributed by atoms with Crippen molar-refractivity contribution in [2.45, 2.75) is 0 Å². The van der Waals surface area contributed by atoms with E-state index in [0.29, 0.717) is 5.56 Å². The molecule has 5 nitrogen and oxygen atoms in total. The van der Waals surface area contributed by atoms with Gasteiger partial charge >= 0.3 is 5.97 Å². The van der Waals surface area contributed by atoms with Crippen LogP contribution in [0.15, 0.2) is 48.0 Å². The molecule has 2 aromatic carbocycles. The summed E-state index contributed by atoms with van der Waals surface area (Å²) in [4.78, 5) is 35.6. The fourth-order valence-corrected chi connectivity index (χ4v) is 2.32. The molecule has 0 amide bonds. The Balaban J connectivity index is 2.06. The zero-order valence-electron chi connectivity index (χ0n) is 11.2. The van der Waals surface area contributed by atoms with Gasteiger partial charge in [0.25, 0.3) is 0 Å². The number of phenols is 1. The van der Waals surface area contributed by atoms with Crippen molar-refractivity contribution in [3.63, 3.8) is 0 Å². The Morgan fingerprint density at radius 2 is 1.55 bits per heavy atom. The van der Waals surface area contributed by atoms with E-state index in [2.05, 4.69) is 0 Å². The Labute approximate surface area is 125 Å². The molecule has 0 heterocycles. The van der Waals surface area contributed by atoms with Gasteiger partial charge in [0, 0.05) is 11.1 Å². The van der Waals surface area contributed by atoms with Gasteiger partial charge < -0.3 is 10.2 Å². The van der Waals surface area contributed by atoms with E-state index in [0.717, 1.165) is 0 Å². The summed E-state index contributed by atoms with van der Waals surface area (Å²) < 4.78 is 0. The number of phenolic OH excluding ortho intramolecular Hbond substituents is 1. The summed E-state index contributed by atoms with van der Waals surface area (Å²) in [6.07, 6.45) is 1.44. The lowest BCUT2D eigenvalue weighted by molar-refractivity contribution is 0.0696. The molecule has 0 saturated carbocycles. The number of aromatic hydroxyl groups is 1. The molecule has 2 N–H and O–H groups in total. The van der Waals surface area contributed by atoms with E-state index in [1.165, 1.54) is 36.4 Å². The molecular formula is C17H10O5. The largest absolute Gasteiger partial charge is 0.508 e. The molecule has 0 saturated heterocycles. The van der Waals surface area contributed by atoms with Crippen LogP contribution < -0.4 is 0 Å². The highest BCUT2D eigenvalue weighted by atomic mass is 16.4. The maximum absolute atomic E-state index is 12.3. The van der Waals surface area contributed by atoms with Gasteiger partial charge in [-0.2, -0.15) is 0 Å². The molecule has 0 unspecified atom stereocenters. The second kappa shape index (κ2) is 4.96. The predicted molar refractivity (Wildman–Crippen MR) is 78.1 cm³/mol. The van der Waals surface area contributed by atoms with Crippen molar-refractivity contribution in [1.29, 1.82) is 0 Å². The van der Waals surface area contributed by atoms with Crippen LogP contribution in [0.3, 0.4) is 0 Å². The fraction of sp³-hybridized carbons (Fsp3) is 0. The number of carboxylic acid groups (broad SMARTS) is 1. The SMILES string of the molecule is O=C(O)c1ccc2c(c1)C(=O)/C(=C\c1ccc(O)cc1)C2=O. The second-order valence-corrected chi connectivity index (χ2v) is 4.87. The number of carbonyl (C=O) groups excluding carboxylic acids is 2. The van der Waals surface area contributed by atoms with E-state index in [4.69, 9.17) is 5.11 Å². The molecule has 0 radical (unpaired) electrons. The Morgan fingerprint density at radius 3 is 2.18 bits per heavy atom. The summed E-state index contributed by atoms with van der Waals surface area (Å²) in [6, 6.07) is 9.93. The summed E-state index contributed by atoms with van der Waals surface area (Å²) in [7, 11) is 0. The van der Waals surface area contributed by atoms with Crippen LogP contribution in [0.1, 0.15) is 36.6 Å². The second-order valence-electron chi connectivity index (χ2n) is 4.87. The molecule has 108 valence electrons. The molecule has 1 aliphatic carbocycles. The molecular weight excluding hydrogens is 284 g/mol. The maximum Gasteiger partial charge on any atom is 0.335 e. The lowest BCUT2D eigenvalue weighted by Crippen LogP contribution is -2.00. The van der Waals surface area contributed by atoms with Crippen molar-refractivity contribution in [1.82, 2.24) is 0 Å². The van der Waals surface area contributed by atoms with E-state index in [1.807, 2.05) is 0 Å². The highest BCUT2D eigenvalue weighted by Crippen LogP contribution is 2.29. The van der Waals surface area contributed by atoms with Gasteiger partial charge in [0.2, 0.25) is 0 Å². The van der Waals surface area contributed by atoms with Gasteiger partial charge in [-0.25, -0.2) is 4.79 Å². The van der Waals surface area contributed by atoms with Gasteiger partial charge in [-0.3, -0.25) is 9.59 Å². The topological polar surface area (TPSA) is 91.7 Å². The first-order chi connectivity index (χ1) is 10.5. The number of fused-ring (bicyclic) bond motifs is 1. The molecule has 22 heavy (non-hydrogen) atoms. The van der Waals surface area contributed by atoms with Gasteiger partial charge in [0.1, 0.15) is 5.75 Å². The monoisotopic (exact) mass is 294 g/mol. The quantitative estimate of drug-likeness (QED) is 0.656. The van der Waals surface area contributed by atoms with Crippen LogP contribution in [0.25, 0.3) is 6.08 Å². The smallest absolute Gasteiger partial charge is 0.335 e. The molecule has 3 rings (SSSR count). The van der Waals surface area contributed by atoms with E-state index >= 15 is 0 Å². The molecule has 0 spiro atoms. The van der Waals surface area contributed by atoms with Gasteiger partial charge in [-0.05, 0) is 42.0 Å². The number of carbonyl (C=O) groups is 3. The van der Waals surface area contributed by atoms with Gasteiger partial charge in [0.05, 0.1) is 11.1 Å². The van der Waals surface area contributed by atoms with Crippen LogP contribution in [-0.4, -0.2) is 27.7 Å². The molecule has 1 aliphatic rings. The normalized spacial score (nSPS) is 15.2. The highest BCUT2D eigenvalue weighted by molar-refractivity contribution is 6.41. The Hall–Kier alpha value is -3.21. The number of aromatic carboxylic acids is 1. The molecule has 0 atom stereocenters. The van der Waals surface area contributed by atoms with Crippen LogP contribution in [0.2, 0.25) is 0 Å². The van der Waals surface area contributed by atoms with Crippen molar-refractivity contribution < 1.29 is 24.6 Å². The number of hydrogen-bond acceptors (Lipinski definition) is 4. The van der Waals surface area contributed by atoms with E-state index in [-0.39, 0.29) is 28.0 Å². The first-order valence-corrected chi connectivity index (χ1v) is 6.45. The number of benzene rings is 2. The van der Waals surface area contributed by atoms with E-state index in [1.54, 1.807) is 12.1 Å². The molecule has 5 heteroatoms. The lowest BCUT2D eigenvalue weighted by Gasteiger charge is -1.97. The molecule has 0 bridgehead atoms. The number of hydrogen-bond donors (Lipinski definition) is 2. The number of allylic oxidation sites excluding steroid dienone is 1. The first-order valence-electron chi connectivity index (χ1n) is 6.45. The van der Waals surface area contributed by atoms with Crippen molar-refractivity contribution in [2.24, 2.45) is 0 Å². The van der Waals surface area contributed by atoms with Gasteiger partial charge in [0.15, 0.2) is 11.6 Å². The third-order valence-electron chi connectivity index (χ3n) is 3.45. The number of Topliss-reactive ketones (excluding diaryl/α,β-unsaturated/α-hetero) is 2. The van der Waals surface area contributed by atoms with Gasteiger partial charge in [-0.1, -0.05) is 12.1 Å². The fourth-order valence-electron chi connectivity index (χ4n) is 2.32. The lowest BCUT2D eigenvalue weighted by atomic mass is 10.1. The van der Waals surface area contributed by atoms with Crippen LogP contribution in [0.4, 0.5) is 0 Å². The average molecular weight is 294 g/mol. The Morgan fingerprint density at radius 1 is 0.909 bits per heavy atom. The van der Waals surface area contributed by atoms with Crippen LogP contribution in [0.5, 0.6) is 5.75 Å². The van der Waals surface area contributed by atoms with Crippen LogP contribution in [-0.2, 0) is 0 Å². The number of ketones is 2. The summed E-state index contributed by atoms with van der Waals surface area (Å²) >= 11 is 0. The Kier molecular flexibility index (Phi) is 3.10.